The van der Waals surface area contributed by atoms with Crippen LogP contribution in [0.5, 0.6) is 0 Å². The first-order chi connectivity index (χ1) is 8.08. The van der Waals surface area contributed by atoms with E-state index in [0.717, 1.165) is 0 Å². The summed E-state index contributed by atoms with van der Waals surface area (Å²) in [5, 5.41) is 5.76. The second kappa shape index (κ2) is 4.92. The lowest BCUT2D eigenvalue weighted by Crippen LogP contribution is -2.07. The molecule has 1 aromatic carbocycles. The number of anilines is 1. The molecule has 1 heterocycles. The van der Waals surface area contributed by atoms with Crippen molar-refractivity contribution in [3.05, 3.63) is 51.2 Å². The Morgan fingerprint density at radius 1 is 1.06 bits per heavy atom. The van der Waals surface area contributed by atoms with Crippen molar-refractivity contribution in [3.63, 3.8) is 0 Å². The van der Waals surface area contributed by atoms with Gasteiger partial charge in [-0.25, -0.2) is 0 Å². The van der Waals surface area contributed by atoms with Crippen molar-refractivity contribution in [2.75, 3.05) is 5.32 Å². The molecule has 0 bridgehead atoms. The highest BCUT2D eigenvalue weighted by Gasteiger charge is 2.10. The Labute approximate surface area is 108 Å². The van der Waals surface area contributed by atoms with Gasteiger partial charge in [0.25, 0.3) is 0 Å². The highest BCUT2D eigenvalue weighted by molar-refractivity contribution is 7.10. The van der Waals surface area contributed by atoms with Gasteiger partial charge in [-0.05, 0) is 61.9 Å². The van der Waals surface area contributed by atoms with Crippen LogP contribution in [-0.4, -0.2) is 0 Å². The van der Waals surface area contributed by atoms with Crippen LogP contribution in [0, 0.1) is 20.8 Å². The van der Waals surface area contributed by atoms with Crippen molar-refractivity contribution in [1.29, 1.82) is 0 Å². The standard InChI is InChI=1S/C15H19NS/c1-10-5-6-11(2)14(9-10)16-13(4)15-12(3)7-8-17-15/h5-9,13,16H,1-4H3. The Hall–Kier alpha value is -1.28. The number of benzene rings is 1. The van der Waals surface area contributed by atoms with E-state index in [-0.39, 0.29) is 0 Å². The number of nitrogens with one attached hydrogen (secondary N) is 1. The summed E-state index contributed by atoms with van der Waals surface area (Å²) in [5.74, 6) is 0. The normalized spacial score (nSPS) is 12.5. The fourth-order valence-electron chi connectivity index (χ4n) is 2.02. The molecule has 0 saturated heterocycles. The zero-order valence-electron chi connectivity index (χ0n) is 10.9. The third-order valence-electron chi connectivity index (χ3n) is 3.06. The van der Waals surface area contributed by atoms with E-state index in [1.807, 2.05) is 11.3 Å². The number of aryl methyl sites for hydroxylation is 3. The average molecular weight is 245 g/mol. The summed E-state index contributed by atoms with van der Waals surface area (Å²) in [6.07, 6.45) is 0. The lowest BCUT2D eigenvalue weighted by molar-refractivity contribution is 0.896. The van der Waals surface area contributed by atoms with Crippen LogP contribution in [0.2, 0.25) is 0 Å². The molecule has 2 aromatic rings. The molecule has 2 rings (SSSR count). The van der Waals surface area contributed by atoms with E-state index in [2.05, 4.69) is 62.7 Å². The summed E-state index contributed by atoms with van der Waals surface area (Å²) in [7, 11) is 0. The Morgan fingerprint density at radius 2 is 1.82 bits per heavy atom. The molecule has 0 aliphatic carbocycles. The van der Waals surface area contributed by atoms with Gasteiger partial charge in [0.2, 0.25) is 0 Å². The second-order valence-electron chi connectivity index (χ2n) is 4.65. The fourth-order valence-corrected chi connectivity index (χ4v) is 2.95. The van der Waals surface area contributed by atoms with Crippen molar-refractivity contribution in [2.45, 2.75) is 33.7 Å². The monoisotopic (exact) mass is 245 g/mol. The minimum Gasteiger partial charge on any atom is -0.377 e. The maximum absolute atomic E-state index is 3.60. The molecule has 90 valence electrons. The predicted molar refractivity (Wildman–Crippen MR) is 77.0 cm³/mol. The van der Waals surface area contributed by atoms with Gasteiger partial charge < -0.3 is 5.32 Å². The van der Waals surface area contributed by atoms with Gasteiger partial charge in [0.05, 0.1) is 6.04 Å². The van der Waals surface area contributed by atoms with E-state index < -0.39 is 0 Å². The molecular formula is C15H19NS. The van der Waals surface area contributed by atoms with Crippen LogP contribution < -0.4 is 5.32 Å². The molecule has 2 heteroatoms. The smallest absolute Gasteiger partial charge is 0.0581 e. The van der Waals surface area contributed by atoms with Crippen LogP contribution in [0.1, 0.15) is 34.5 Å². The first-order valence-electron chi connectivity index (χ1n) is 5.95. The molecule has 0 radical (unpaired) electrons. The van der Waals surface area contributed by atoms with Crippen molar-refractivity contribution in [1.82, 2.24) is 0 Å². The van der Waals surface area contributed by atoms with Gasteiger partial charge in [-0.15, -0.1) is 11.3 Å². The van der Waals surface area contributed by atoms with E-state index in [1.54, 1.807) is 0 Å². The number of hydrogen-bond donors (Lipinski definition) is 1. The van der Waals surface area contributed by atoms with Crippen molar-refractivity contribution in [2.24, 2.45) is 0 Å². The molecule has 1 nitrogen and oxygen atoms in total. The molecular weight excluding hydrogens is 226 g/mol. The van der Waals surface area contributed by atoms with Crippen LogP contribution >= 0.6 is 11.3 Å². The molecule has 1 atom stereocenters. The SMILES string of the molecule is Cc1ccc(C)c(NC(C)c2sccc2C)c1. The highest BCUT2D eigenvalue weighted by Crippen LogP contribution is 2.28. The molecule has 0 aliphatic heterocycles. The Bertz CT molecular complexity index is 513. The van der Waals surface area contributed by atoms with Gasteiger partial charge in [-0.3, -0.25) is 0 Å². The largest absolute Gasteiger partial charge is 0.377 e. The molecule has 0 aliphatic rings. The second-order valence-corrected chi connectivity index (χ2v) is 5.60. The van der Waals surface area contributed by atoms with Crippen LogP contribution in [0.4, 0.5) is 5.69 Å². The van der Waals surface area contributed by atoms with E-state index in [0.29, 0.717) is 6.04 Å². The van der Waals surface area contributed by atoms with E-state index in [1.165, 1.54) is 27.3 Å². The summed E-state index contributed by atoms with van der Waals surface area (Å²) in [4.78, 5) is 1.42. The number of thiophene rings is 1. The lowest BCUT2D eigenvalue weighted by atomic mass is 10.1. The van der Waals surface area contributed by atoms with E-state index in [4.69, 9.17) is 0 Å². The minimum absolute atomic E-state index is 0.371. The summed E-state index contributed by atoms with van der Waals surface area (Å²) in [6.45, 7) is 8.68. The van der Waals surface area contributed by atoms with Gasteiger partial charge in [-0.1, -0.05) is 12.1 Å². The first-order valence-corrected chi connectivity index (χ1v) is 6.83. The summed E-state index contributed by atoms with van der Waals surface area (Å²) >= 11 is 1.82. The fraction of sp³-hybridized carbons (Fsp3) is 0.333. The lowest BCUT2D eigenvalue weighted by Gasteiger charge is -2.17. The summed E-state index contributed by atoms with van der Waals surface area (Å²) in [6, 6.07) is 9.10. The molecule has 17 heavy (non-hydrogen) atoms. The van der Waals surface area contributed by atoms with Crippen molar-refractivity contribution in [3.8, 4) is 0 Å². The van der Waals surface area contributed by atoms with Crippen molar-refractivity contribution < 1.29 is 0 Å². The topological polar surface area (TPSA) is 12.0 Å². The van der Waals surface area contributed by atoms with Crippen LogP contribution in [0.25, 0.3) is 0 Å². The van der Waals surface area contributed by atoms with Crippen molar-refractivity contribution >= 4 is 17.0 Å². The van der Waals surface area contributed by atoms with Gasteiger partial charge >= 0.3 is 0 Å². The van der Waals surface area contributed by atoms with Crippen LogP contribution in [0.3, 0.4) is 0 Å². The quantitative estimate of drug-likeness (QED) is 0.815. The molecule has 1 unspecified atom stereocenters. The maximum Gasteiger partial charge on any atom is 0.0581 e. The zero-order chi connectivity index (χ0) is 12.4. The van der Waals surface area contributed by atoms with Gasteiger partial charge in [-0.2, -0.15) is 0 Å². The van der Waals surface area contributed by atoms with Gasteiger partial charge in [0.1, 0.15) is 0 Å². The summed E-state index contributed by atoms with van der Waals surface area (Å²) < 4.78 is 0. The Morgan fingerprint density at radius 3 is 2.47 bits per heavy atom. The van der Waals surface area contributed by atoms with Crippen LogP contribution in [0.15, 0.2) is 29.6 Å². The molecule has 0 amide bonds. The number of rotatable bonds is 3. The maximum atomic E-state index is 3.60. The van der Waals surface area contributed by atoms with E-state index in [9.17, 15) is 0 Å². The Balaban J connectivity index is 2.21. The van der Waals surface area contributed by atoms with E-state index >= 15 is 0 Å². The van der Waals surface area contributed by atoms with Crippen LogP contribution in [-0.2, 0) is 0 Å². The first kappa shape index (κ1) is 12.2. The highest BCUT2D eigenvalue weighted by atomic mass is 32.1. The molecule has 1 N–H and O–H groups in total. The third kappa shape index (κ3) is 2.70. The predicted octanol–water partition coefficient (Wildman–Crippen LogP) is 4.85. The molecule has 1 aromatic heterocycles. The molecule has 0 saturated carbocycles. The number of hydrogen-bond acceptors (Lipinski definition) is 2. The molecule has 0 spiro atoms. The minimum atomic E-state index is 0.371. The van der Waals surface area contributed by atoms with Gasteiger partial charge in [0, 0.05) is 10.6 Å². The Kier molecular flexibility index (Phi) is 3.53. The average Bonchev–Trinajstić information content (AvgIpc) is 2.70. The van der Waals surface area contributed by atoms with Gasteiger partial charge in [0.15, 0.2) is 0 Å². The molecule has 0 fully saturated rings. The zero-order valence-corrected chi connectivity index (χ0v) is 11.7. The summed E-state index contributed by atoms with van der Waals surface area (Å²) in [5.41, 5.74) is 5.22. The third-order valence-corrected chi connectivity index (χ3v) is 4.26.